The molecule has 2 N–H and O–H groups in total. The van der Waals surface area contributed by atoms with Crippen molar-refractivity contribution >= 4 is 46.5 Å². The highest BCUT2D eigenvalue weighted by Crippen LogP contribution is 2.24. The molecule has 1 heterocycles. The van der Waals surface area contributed by atoms with E-state index in [1.807, 2.05) is 0 Å². The van der Waals surface area contributed by atoms with E-state index < -0.39 is 11.9 Å². The predicted molar refractivity (Wildman–Crippen MR) is 95.7 cm³/mol. The van der Waals surface area contributed by atoms with Gasteiger partial charge in [0, 0.05) is 28.4 Å². The second kappa shape index (κ2) is 7.72. The Hall–Kier alpha value is -2.31. The Morgan fingerprint density at radius 3 is 2.28 bits per heavy atom. The summed E-state index contributed by atoms with van der Waals surface area (Å²) >= 11 is 11.8. The molecule has 0 spiro atoms. The summed E-state index contributed by atoms with van der Waals surface area (Å²) in [7, 11) is 1.24. The first kappa shape index (κ1) is 19.0. The molecule has 8 heteroatoms. The lowest BCUT2D eigenvalue weighted by Crippen LogP contribution is -2.17. The van der Waals surface area contributed by atoms with Gasteiger partial charge in [0.05, 0.1) is 24.8 Å². The summed E-state index contributed by atoms with van der Waals surface area (Å²) in [4.78, 5) is 38.8. The van der Waals surface area contributed by atoms with Crippen molar-refractivity contribution in [3.05, 3.63) is 50.8 Å². The van der Waals surface area contributed by atoms with Crippen LogP contribution in [0, 0.1) is 6.92 Å². The second-order valence-electron chi connectivity index (χ2n) is 5.41. The first-order chi connectivity index (χ1) is 11.7. The molecule has 132 valence electrons. The number of carbonyl (C=O) groups excluding carboxylic acids is 3. The Labute approximate surface area is 154 Å². The number of nitrogens with one attached hydrogen (secondary N) is 2. The van der Waals surface area contributed by atoms with Gasteiger partial charge in [-0.2, -0.15) is 0 Å². The van der Waals surface area contributed by atoms with Crippen LogP contribution in [0.4, 0.5) is 5.69 Å². The zero-order valence-electron chi connectivity index (χ0n) is 13.8. The standard InChI is InChI=1S/C17H16Cl2N2O4/c1-8-15(17(24)25-3)13(21-16(8)9(2)22)7-14(23)20-12-5-10(18)4-11(19)6-12/h4-6,21H,7H2,1-3H3,(H,20,23). The number of aromatic nitrogens is 1. The molecule has 0 fully saturated rings. The normalized spacial score (nSPS) is 10.4. The molecule has 2 aromatic rings. The fraction of sp³-hybridized carbons (Fsp3) is 0.235. The van der Waals surface area contributed by atoms with Crippen molar-refractivity contribution in [1.82, 2.24) is 4.98 Å². The molecule has 1 amide bonds. The summed E-state index contributed by atoms with van der Waals surface area (Å²) in [5.41, 5.74) is 1.64. The average Bonchev–Trinajstić information content (AvgIpc) is 2.81. The molecule has 0 aliphatic carbocycles. The zero-order valence-corrected chi connectivity index (χ0v) is 15.3. The molecular weight excluding hydrogens is 367 g/mol. The maximum atomic E-state index is 12.3. The molecule has 0 saturated carbocycles. The summed E-state index contributed by atoms with van der Waals surface area (Å²) in [5.74, 6) is -1.26. The summed E-state index contributed by atoms with van der Waals surface area (Å²) in [6, 6.07) is 4.64. The molecule has 1 aromatic heterocycles. The van der Waals surface area contributed by atoms with E-state index >= 15 is 0 Å². The number of anilines is 1. The number of ether oxygens (including phenoxy) is 1. The van der Waals surface area contributed by atoms with E-state index in [0.29, 0.717) is 27.0 Å². The number of benzene rings is 1. The van der Waals surface area contributed by atoms with Crippen molar-refractivity contribution in [2.24, 2.45) is 0 Å². The number of ketones is 1. The van der Waals surface area contributed by atoms with Crippen LogP contribution in [0.15, 0.2) is 18.2 Å². The predicted octanol–water partition coefficient (Wildman–Crippen LogP) is 3.80. The molecule has 2 rings (SSSR count). The summed E-state index contributed by atoms with van der Waals surface area (Å²) in [6.07, 6.45) is -0.150. The van der Waals surface area contributed by atoms with Crippen molar-refractivity contribution in [3.8, 4) is 0 Å². The molecule has 0 unspecified atom stereocenters. The molecule has 25 heavy (non-hydrogen) atoms. The van der Waals surface area contributed by atoms with Gasteiger partial charge in [0.15, 0.2) is 5.78 Å². The van der Waals surface area contributed by atoms with Crippen LogP contribution in [0.1, 0.15) is 39.0 Å². The van der Waals surface area contributed by atoms with Gasteiger partial charge in [-0.05, 0) is 30.7 Å². The lowest BCUT2D eigenvalue weighted by Gasteiger charge is -2.07. The van der Waals surface area contributed by atoms with Crippen LogP contribution in [0.5, 0.6) is 0 Å². The molecule has 0 aliphatic rings. The van der Waals surface area contributed by atoms with Gasteiger partial charge in [0.25, 0.3) is 0 Å². The van der Waals surface area contributed by atoms with Crippen LogP contribution in [0.25, 0.3) is 0 Å². The number of esters is 1. The van der Waals surface area contributed by atoms with Gasteiger partial charge in [-0.15, -0.1) is 0 Å². The van der Waals surface area contributed by atoms with Crippen molar-refractivity contribution in [1.29, 1.82) is 0 Å². The molecule has 0 bridgehead atoms. The van der Waals surface area contributed by atoms with E-state index in [-0.39, 0.29) is 23.5 Å². The molecule has 0 radical (unpaired) electrons. The van der Waals surface area contributed by atoms with Crippen LogP contribution in [0.3, 0.4) is 0 Å². The number of rotatable bonds is 5. The topological polar surface area (TPSA) is 88.3 Å². The molecule has 6 nitrogen and oxygen atoms in total. The second-order valence-corrected chi connectivity index (χ2v) is 6.28. The molecular formula is C17H16Cl2N2O4. The Balaban J connectivity index is 2.29. The highest BCUT2D eigenvalue weighted by molar-refractivity contribution is 6.35. The number of H-pyrrole nitrogens is 1. The third kappa shape index (κ3) is 4.41. The lowest BCUT2D eigenvalue weighted by atomic mass is 10.1. The maximum absolute atomic E-state index is 12.3. The molecule has 0 atom stereocenters. The Kier molecular flexibility index (Phi) is 5.87. The van der Waals surface area contributed by atoms with Gasteiger partial charge in [-0.25, -0.2) is 4.79 Å². The van der Waals surface area contributed by atoms with Crippen molar-refractivity contribution in [2.45, 2.75) is 20.3 Å². The number of methoxy groups -OCH3 is 1. The van der Waals surface area contributed by atoms with Crippen molar-refractivity contribution in [2.75, 3.05) is 12.4 Å². The van der Waals surface area contributed by atoms with Crippen LogP contribution >= 0.6 is 23.2 Å². The van der Waals surface area contributed by atoms with Crippen LogP contribution < -0.4 is 5.32 Å². The monoisotopic (exact) mass is 382 g/mol. The fourth-order valence-electron chi connectivity index (χ4n) is 2.51. The van der Waals surface area contributed by atoms with E-state index in [4.69, 9.17) is 27.9 Å². The first-order valence-electron chi connectivity index (χ1n) is 7.29. The lowest BCUT2D eigenvalue weighted by molar-refractivity contribution is -0.115. The Bertz CT molecular complexity index is 838. The van der Waals surface area contributed by atoms with E-state index in [0.717, 1.165) is 0 Å². The number of hydrogen-bond donors (Lipinski definition) is 2. The van der Waals surface area contributed by atoms with E-state index in [9.17, 15) is 14.4 Å². The smallest absolute Gasteiger partial charge is 0.339 e. The number of Topliss-reactive ketones (excluding diaryl/α,β-unsaturated/α-hetero) is 1. The van der Waals surface area contributed by atoms with E-state index in [2.05, 4.69) is 10.3 Å². The number of amides is 1. The Morgan fingerprint density at radius 2 is 1.76 bits per heavy atom. The zero-order chi connectivity index (χ0) is 18.7. The Morgan fingerprint density at radius 1 is 1.16 bits per heavy atom. The minimum absolute atomic E-state index is 0.150. The van der Waals surface area contributed by atoms with Gasteiger partial charge >= 0.3 is 5.97 Å². The largest absolute Gasteiger partial charge is 0.465 e. The summed E-state index contributed by atoms with van der Waals surface area (Å²) < 4.78 is 4.75. The SMILES string of the molecule is COC(=O)c1c(CC(=O)Nc2cc(Cl)cc(Cl)c2)[nH]c(C(C)=O)c1C. The molecule has 1 aromatic carbocycles. The van der Waals surface area contributed by atoms with Crippen molar-refractivity contribution < 1.29 is 19.1 Å². The summed E-state index contributed by atoms with van der Waals surface area (Å²) in [5, 5.41) is 3.41. The fourth-order valence-corrected chi connectivity index (χ4v) is 3.04. The van der Waals surface area contributed by atoms with Crippen LogP contribution in [-0.4, -0.2) is 29.8 Å². The highest BCUT2D eigenvalue weighted by atomic mass is 35.5. The minimum Gasteiger partial charge on any atom is -0.465 e. The molecule has 0 saturated heterocycles. The van der Waals surface area contributed by atoms with Gasteiger partial charge in [-0.3, -0.25) is 9.59 Å². The van der Waals surface area contributed by atoms with E-state index in [1.54, 1.807) is 25.1 Å². The van der Waals surface area contributed by atoms with E-state index in [1.165, 1.54) is 14.0 Å². The van der Waals surface area contributed by atoms with Gasteiger partial charge in [0.2, 0.25) is 5.91 Å². The average molecular weight is 383 g/mol. The number of hydrogen-bond acceptors (Lipinski definition) is 4. The third-order valence-electron chi connectivity index (χ3n) is 3.55. The maximum Gasteiger partial charge on any atom is 0.339 e. The van der Waals surface area contributed by atoms with Gasteiger partial charge in [0.1, 0.15) is 0 Å². The number of aromatic amines is 1. The minimum atomic E-state index is -0.616. The third-order valence-corrected chi connectivity index (χ3v) is 3.99. The number of carbonyl (C=O) groups is 3. The number of halogens is 2. The van der Waals surface area contributed by atoms with Crippen LogP contribution in [-0.2, 0) is 16.0 Å². The highest BCUT2D eigenvalue weighted by Gasteiger charge is 2.24. The van der Waals surface area contributed by atoms with Gasteiger partial charge < -0.3 is 15.0 Å². The van der Waals surface area contributed by atoms with Crippen molar-refractivity contribution in [3.63, 3.8) is 0 Å². The quantitative estimate of drug-likeness (QED) is 0.607. The first-order valence-corrected chi connectivity index (χ1v) is 8.05. The molecule has 0 aliphatic heterocycles. The van der Waals surface area contributed by atoms with Crippen LogP contribution in [0.2, 0.25) is 10.0 Å². The van der Waals surface area contributed by atoms with Gasteiger partial charge in [-0.1, -0.05) is 23.2 Å². The summed E-state index contributed by atoms with van der Waals surface area (Å²) in [6.45, 7) is 3.00.